The first-order chi connectivity index (χ1) is 17.0. The van der Waals surface area contributed by atoms with Gasteiger partial charge in [0.25, 0.3) is 0 Å². The van der Waals surface area contributed by atoms with Crippen LogP contribution in [0.2, 0.25) is 0 Å². The number of aliphatic hydroxyl groups is 2. The fourth-order valence-electron chi connectivity index (χ4n) is 5.89. The number of hydrogen-bond acceptors (Lipinski definition) is 2. The average molecular weight is 489 g/mol. The summed E-state index contributed by atoms with van der Waals surface area (Å²) in [5, 5.41) is 20.1. The molecule has 4 aromatic rings. The van der Waals surface area contributed by atoms with Gasteiger partial charge in [-0.3, -0.25) is 0 Å². The van der Waals surface area contributed by atoms with Gasteiger partial charge in [0, 0.05) is 80.4 Å². The smallest absolute Gasteiger partial charge is 0.0497 e. The first-order valence-corrected chi connectivity index (χ1v) is 13.0. The monoisotopic (exact) mass is 488 g/mol. The molecule has 0 radical (unpaired) electrons. The Morgan fingerprint density at radius 1 is 0.444 bits per heavy atom. The van der Waals surface area contributed by atoms with Crippen LogP contribution in [-0.2, 0) is 21.7 Å². The Morgan fingerprint density at radius 2 is 0.667 bits per heavy atom. The molecule has 0 amide bonds. The molecule has 36 heavy (non-hydrogen) atoms. The molecule has 1 aliphatic rings. The first kappa shape index (κ1) is 24.7. The molecule has 8 bridgehead atoms. The molecule has 6 nitrogen and oxygen atoms in total. The van der Waals surface area contributed by atoms with Gasteiger partial charge >= 0.3 is 0 Å². The van der Waals surface area contributed by atoms with Crippen molar-refractivity contribution >= 4 is 0 Å². The number of aliphatic hydroxyl groups excluding tert-OH is 2. The van der Waals surface area contributed by atoms with Gasteiger partial charge in [-0.25, -0.2) is 0 Å². The molecular weight excluding hydrogens is 448 g/mol. The molecule has 0 saturated carbocycles. The van der Waals surface area contributed by atoms with Crippen molar-refractivity contribution in [1.82, 2.24) is 19.9 Å². The fourth-order valence-corrected chi connectivity index (χ4v) is 5.89. The molecule has 6 heteroatoms. The largest absolute Gasteiger partial charge is 0.396 e. The Kier molecular flexibility index (Phi) is 5.69. The van der Waals surface area contributed by atoms with E-state index in [1.807, 2.05) is 0 Å². The van der Waals surface area contributed by atoms with E-state index in [9.17, 15) is 10.2 Å². The van der Waals surface area contributed by atoms with Crippen LogP contribution in [0.5, 0.6) is 0 Å². The third kappa shape index (κ3) is 3.53. The van der Waals surface area contributed by atoms with Crippen molar-refractivity contribution in [2.24, 2.45) is 0 Å². The lowest BCUT2D eigenvalue weighted by Crippen LogP contribution is -2.29. The molecule has 0 atom stereocenters. The standard InChI is InChI=1S/C30H40N4O2/c1-27(2)19-7-11-23(31-19)29(5,15-17-35)25-13-9-21(33-25)28(3,4)22-10-14-26(34-22)30(6,16-18-36)24-12-8-20(27)32-24/h7-14,31-36H,15-18H2,1-6H3. The molecule has 0 spiro atoms. The first-order valence-electron chi connectivity index (χ1n) is 13.0. The molecule has 0 aromatic carbocycles. The number of aromatic nitrogens is 4. The van der Waals surface area contributed by atoms with Crippen LogP contribution < -0.4 is 0 Å². The van der Waals surface area contributed by atoms with Crippen molar-refractivity contribution in [3.63, 3.8) is 0 Å². The number of hydrogen-bond donors (Lipinski definition) is 6. The maximum absolute atomic E-state index is 10.0. The highest BCUT2D eigenvalue weighted by molar-refractivity contribution is 5.43. The molecule has 4 aromatic heterocycles. The lowest BCUT2D eigenvalue weighted by molar-refractivity contribution is 0.256. The summed E-state index contributed by atoms with van der Waals surface area (Å²) in [7, 11) is 0. The van der Waals surface area contributed by atoms with Crippen LogP contribution in [0.4, 0.5) is 0 Å². The van der Waals surface area contributed by atoms with E-state index in [-0.39, 0.29) is 24.0 Å². The molecule has 0 aliphatic carbocycles. The minimum atomic E-state index is -0.393. The summed E-state index contributed by atoms with van der Waals surface area (Å²) in [5.74, 6) is 0. The molecule has 6 N–H and O–H groups in total. The van der Waals surface area contributed by atoms with Crippen molar-refractivity contribution in [3.05, 3.63) is 94.1 Å². The third-order valence-electron chi connectivity index (χ3n) is 9.04. The number of rotatable bonds is 4. The minimum Gasteiger partial charge on any atom is -0.396 e. The summed E-state index contributed by atoms with van der Waals surface area (Å²) in [5.41, 5.74) is 7.39. The topological polar surface area (TPSA) is 104 Å². The number of fused-ring (bicyclic) bond motifs is 8. The average Bonchev–Trinajstić information content (AvgIpc) is 3.65. The Balaban J connectivity index is 1.77. The van der Waals surface area contributed by atoms with Gasteiger partial charge < -0.3 is 30.1 Å². The molecular formula is C30H40N4O2. The maximum atomic E-state index is 10.0. The van der Waals surface area contributed by atoms with Crippen molar-refractivity contribution in [2.75, 3.05) is 13.2 Å². The molecule has 0 saturated heterocycles. The summed E-state index contributed by atoms with van der Waals surface area (Å²) < 4.78 is 0. The summed E-state index contributed by atoms with van der Waals surface area (Å²) in [6.45, 7) is 13.4. The predicted octanol–water partition coefficient (Wildman–Crippen LogP) is 5.34. The highest BCUT2D eigenvalue weighted by Gasteiger charge is 2.38. The van der Waals surface area contributed by atoms with E-state index in [1.54, 1.807) is 0 Å². The van der Waals surface area contributed by atoms with Crippen molar-refractivity contribution < 1.29 is 10.2 Å². The lowest BCUT2D eigenvalue weighted by Gasteiger charge is -2.31. The lowest BCUT2D eigenvalue weighted by atomic mass is 9.80. The van der Waals surface area contributed by atoms with E-state index in [2.05, 4.69) is 110 Å². The van der Waals surface area contributed by atoms with Gasteiger partial charge in [0.1, 0.15) is 0 Å². The van der Waals surface area contributed by atoms with E-state index in [4.69, 9.17) is 0 Å². The number of aromatic amines is 4. The predicted molar refractivity (Wildman–Crippen MR) is 144 cm³/mol. The van der Waals surface area contributed by atoms with E-state index in [0.717, 1.165) is 45.6 Å². The van der Waals surface area contributed by atoms with Crippen LogP contribution in [-0.4, -0.2) is 43.4 Å². The molecule has 5 heterocycles. The van der Waals surface area contributed by atoms with Crippen LogP contribution in [0.1, 0.15) is 99.9 Å². The second-order valence-electron chi connectivity index (χ2n) is 12.0. The van der Waals surface area contributed by atoms with E-state index < -0.39 is 10.8 Å². The normalized spacial score (nSPS) is 24.7. The number of H-pyrrole nitrogens is 4. The summed E-state index contributed by atoms with van der Waals surface area (Å²) in [6, 6.07) is 17.3. The zero-order valence-electron chi connectivity index (χ0n) is 22.3. The van der Waals surface area contributed by atoms with Crippen LogP contribution in [0.25, 0.3) is 0 Å². The maximum Gasteiger partial charge on any atom is 0.0497 e. The quantitative estimate of drug-likeness (QED) is 0.233. The zero-order chi connectivity index (χ0) is 25.9. The zero-order valence-corrected chi connectivity index (χ0v) is 22.3. The van der Waals surface area contributed by atoms with Gasteiger partial charge in [-0.2, -0.15) is 0 Å². The molecule has 1 aliphatic heterocycles. The Morgan fingerprint density at radius 3 is 0.889 bits per heavy atom. The Hall–Kier alpha value is -2.96. The number of nitrogens with one attached hydrogen (secondary N) is 4. The Bertz CT molecular complexity index is 1170. The van der Waals surface area contributed by atoms with E-state index in [0.29, 0.717) is 12.8 Å². The Labute approximate surface area is 213 Å². The highest BCUT2D eigenvalue weighted by atomic mass is 16.3. The summed E-state index contributed by atoms with van der Waals surface area (Å²) in [4.78, 5) is 14.9. The summed E-state index contributed by atoms with van der Waals surface area (Å²) >= 11 is 0. The summed E-state index contributed by atoms with van der Waals surface area (Å²) in [6.07, 6.45) is 1.21. The molecule has 192 valence electrons. The third-order valence-corrected chi connectivity index (χ3v) is 9.04. The van der Waals surface area contributed by atoms with Crippen molar-refractivity contribution in [1.29, 1.82) is 0 Å². The highest BCUT2D eigenvalue weighted by Crippen LogP contribution is 2.42. The van der Waals surface area contributed by atoms with Gasteiger partial charge in [0.15, 0.2) is 0 Å². The second kappa shape index (κ2) is 8.29. The van der Waals surface area contributed by atoms with E-state index >= 15 is 0 Å². The SMILES string of the molecule is CC1(C)c2ccc([nH]2)C(C)(CCO)c2ccc([nH]2)C(C)(C)c2ccc([nH]2)C(C)(CCO)c2ccc1[nH]2. The van der Waals surface area contributed by atoms with Gasteiger partial charge in [0.2, 0.25) is 0 Å². The van der Waals surface area contributed by atoms with Gasteiger partial charge in [-0.05, 0) is 103 Å². The van der Waals surface area contributed by atoms with Gasteiger partial charge in [-0.1, -0.05) is 0 Å². The van der Waals surface area contributed by atoms with Crippen LogP contribution >= 0.6 is 0 Å². The second-order valence-corrected chi connectivity index (χ2v) is 12.0. The van der Waals surface area contributed by atoms with Crippen molar-refractivity contribution in [3.8, 4) is 0 Å². The van der Waals surface area contributed by atoms with Gasteiger partial charge in [-0.15, -0.1) is 0 Å². The van der Waals surface area contributed by atoms with Crippen molar-refractivity contribution in [2.45, 2.75) is 76.0 Å². The minimum absolute atomic E-state index is 0.0927. The molecule has 5 rings (SSSR count). The van der Waals surface area contributed by atoms with Crippen LogP contribution in [0, 0.1) is 0 Å². The molecule has 0 unspecified atom stereocenters. The van der Waals surface area contributed by atoms with E-state index in [1.165, 1.54) is 0 Å². The van der Waals surface area contributed by atoms with Gasteiger partial charge in [0.05, 0.1) is 0 Å². The molecule has 0 fully saturated rings. The fraction of sp³-hybridized carbons (Fsp3) is 0.467. The van der Waals surface area contributed by atoms with Crippen LogP contribution in [0.3, 0.4) is 0 Å². The van der Waals surface area contributed by atoms with Crippen LogP contribution in [0.15, 0.2) is 48.5 Å².